The van der Waals surface area contributed by atoms with Crippen LogP contribution in [0.1, 0.15) is 49.9 Å². The standard InChI is InChI=1S/C16H22N2OS/c1-11-6-3-4-9-15(11)18-16(20)17-14-8-5-7-13(10-14)12(2)19/h5,7-8,10-11,15H,3-4,6,9H2,1-2H3,(H2,17,18,20)/t11-,15+/m0/s1. The van der Waals surface area contributed by atoms with Crippen LogP contribution in [0.15, 0.2) is 24.3 Å². The van der Waals surface area contributed by atoms with E-state index >= 15 is 0 Å². The molecule has 2 N–H and O–H groups in total. The third kappa shape index (κ3) is 4.04. The number of carbonyl (C=O) groups is 1. The van der Waals surface area contributed by atoms with Crippen molar-refractivity contribution in [3.05, 3.63) is 29.8 Å². The summed E-state index contributed by atoms with van der Waals surface area (Å²) in [7, 11) is 0. The van der Waals surface area contributed by atoms with Gasteiger partial charge in [-0.25, -0.2) is 0 Å². The first-order valence-corrected chi connectivity index (χ1v) is 7.65. The fourth-order valence-electron chi connectivity index (χ4n) is 2.68. The van der Waals surface area contributed by atoms with Crippen LogP contribution in [-0.2, 0) is 0 Å². The zero-order valence-electron chi connectivity index (χ0n) is 12.1. The third-order valence-corrected chi connectivity index (χ3v) is 4.17. The second-order valence-electron chi connectivity index (χ2n) is 5.60. The first-order chi connectivity index (χ1) is 9.56. The molecule has 0 aliphatic heterocycles. The molecule has 0 aromatic heterocycles. The second kappa shape index (κ2) is 6.84. The lowest BCUT2D eigenvalue weighted by Gasteiger charge is -2.30. The van der Waals surface area contributed by atoms with Crippen molar-refractivity contribution in [2.45, 2.75) is 45.6 Å². The van der Waals surface area contributed by atoms with Crippen molar-refractivity contribution in [2.75, 3.05) is 5.32 Å². The minimum Gasteiger partial charge on any atom is -0.359 e. The van der Waals surface area contributed by atoms with E-state index in [0.717, 1.165) is 5.69 Å². The predicted molar refractivity (Wildman–Crippen MR) is 87.2 cm³/mol. The number of hydrogen-bond acceptors (Lipinski definition) is 2. The monoisotopic (exact) mass is 290 g/mol. The summed E-state index contributed by atoms with van der Waals surface area (Å²) in [6, 6.07) is 7.89. The Morgan fingerprint density at radius 3 is 2.75 bits per heavy atom. The summed E-state index contributed by atoms with van der Waals surface area (Å²) in [6.07, 6.45) is 5.03. The summed E-state index contributed by atoms with van der Waals surface area (Å²) in [6.45, 7) is 3.84. The van der Waals surface area contributed by atoms with Crippen LogP contribution in [0.5, 0.6) is 0 Å². The first-order valence-electron chi connectivity index (χ1n) is 7.25. The second-order valence-corrected chi connectivity index (χ2v) is 6.01. The van der Waals surface area contributed by atoms with Crippen LogP contribution in [0, 0.1) is 5.92 Å². The van der Waals surface area contributed by atoms with E-state index in [-0.39, 0.29) is 5.78 Å². The minimum atomic E-state index is 0.0634. The molecule has 0 saturated heterocycles. The Kier molecular flexibility index (Phi) is 5.12. The van der Waals surface area contributed by atoms with Gasteiger partial charge in [-0.15, -0.1) is 0 Å². The van der Waals surface area contributed by atoms with E-state index in [4.69, 9.17) is 12.2 Å². The number of anilines is 1. The van der Waals surface area contributed by atoms with Crippen molar-refractivity contribution >= 4 is 28.8 Å². The topological polar surface area (TPSA) is 41.1 Å². The summed E-state index contributed by atoms with van der Waals surface area (Å²) in [4.78, 5) is 11.4. The zero-order valence-corrected chi connectivity index (χ0v) is 12.9. The maximum atomic E-state index is 11.4. The quantitative estimate of drug-likeness (QED) is 0.657. The highest BCUT2D eigenvalue weighted by molar-refractivity contribution is 7.80. The van der Waals surface area contributed by atoms with E-state index < -0.39 is 0 Å². The van der Waals surface area contributed by atoms with Crippen molar-refractivity contribution in [3.63, 3.8) is 0 Å². The largest absolute Gasteiger partial charge is 0.359 e. The van der Waals surface area contributed by atoms with Gasteiger partial charge in [-0.3, -0.25) is 4.79 Å². The molecular weight excluding hydrogens is 268 g/mol. The SMILES string of the molecule is CC(=O)c1cccc(NC(=S)N[C@@H]2CCCC[C@@H]2C)c1. The average Bonchev–Trinajstić information content (AvgIpc) is 2.41. The number of thiocarbonyl (C=S) groups is 1. The molecule has 1 aliphatic rings. The van der Waals surface area contributed by atoms with Crippen molar-refractivity contribution in [1.82, 2.24) is 5.32 Å². The van der Waals surface area contributed by atoms with Gasteiger partial charge in [0.25, 0.3) is 0 Å². The minimum absolute atomic E-state index is 0.0634. The van der Waals surface area contributed by atoms with Crippen LogP contribution in [0.4, 0.5) is 5.69 Å². The molecule has 1 aliphatic carbocycles. The summed E-state index contributed by atoms with van der Waals surface area (Å²) in [5.74, 6) is 0.723. The van der Waals surface area contributed by atoms with Crippen LogP contribution in [0.2, 0.25) is 0 Å². The van der Waals surface area contributed by atoms with Gasteiger partial charge >= 0.3 is 0 Å². The van der Waals surface area contributed by atoms with Gasteiger partial charge in [0.05, 0.1) is 0 Å². The molecule has 108 valence electrons. The van der Waals surface area contributed by atoms with Crippen molar-refractivity contribution in [3.8, 4) is 0 Å². The molecule has 0 heterocycles. The highest BCUT2D eigenvalue weighted by atomic mass is 32.1. The van der Waals surface area contributed by atoms with Crippen LogP contribution < -0.4 is 10.6 Å². The highest BCUT2D eigenvalue weighted by Gasteiger charge is 2.21. The lowest BCUT2D eigenvalue weighted by Crippen LogP contribution is -2.43. The molecule has 2 rings (SSSR count). The summed E-state index contributed by atoms with van der Waals surface area (Å²) in [5.41, 5.74) is 1.56. The van der Waals surface area contributed by atoms with E-state index in [1.165, 1.54) is 25.7 Å². The van der Waals surface area contributed by atoms with E-state index in [9.17, 15) is 4.79 Å². The Labute approximate surface area is 126 Å². The van der Waals surface area contributed by atoms with E-state index in [1.807, 2.05) is 24.3 Å². The Bertz CT molecular complexity index is 501. The molecule has 0 unspecified atom stereocenters. The van der Waals surface area contributed by atoms with Gasteiger partial charge in [-0.05, 0) is 50.0 Å². The molecular formula is C16H22N2OS. The lowest BCUT2D eigenvalue weighted by molar-refractivity contribution is 0.101. The number of nitrogens with one attached hydrogen (secondary N) is 2. The Morgan fingerprint density at radius 1 is 1.30 bits per heavy atom. The van der Waals surface area contributed by atoms with Gasteiger partial charge in [0.15, 0.2) is 10.9 Å². The lowest BCUT2D eigenvalue weighted by atomic mass is 9.86. The Hall–Kier alpha value is -1.42. The van der Waals surface area contributed by atoms with E-state index in [0.29, 0.717) is 22.6 Å². The van der Waals surface area contributed by atoms with Crippen LogP contribution in [0.3, 0.4) is 0 Å². The number of benzene rings is 1. The molecule has 1 fully saturated rings. The number of carbonyl (C=O) groups excluding carboxylic acids is 1. The first kappa shape index (κ1) is 15.0. The number of ketones is 1. The summed E-state index contributed by atoms with van der Waals surface area (Å²) >= 11 is 5.37. The van der Waals surface area contributed by atoms with Crippen LogP contribution >= 0.6 is 12.2 Å². The molecule has 20 heavy (non-hydrogen) atoms. The van der Waals surface area contributed by atoms with Gasteiger partial charge in [-0.1, -0.05) is 31.9 Å². The van der Waals surface area contributed by atoms with Gasteiger partial charge in [-0.2, -0.15) is 0 Å². The highest BCUT2D eigenvalue weighted by Crippen LogP contribution is 2.23. The maximum absolute atomic E-state index is 11.4. The molecule has 1 aromatic carbocycles. The fraction of sp³-hybridized carbons (Fsp3) is 0.500. The van der Waals surface area contributed by atoms with Crippen molar-refractivity contribution < 1.29 is 4.79 Å². The molecule has 0 radical (unpaired) electrons. The Balaban J connectivity index is 1.94. The molecule has 3 nitrogen and oxygen atoms in total. The maximum Gasteiger partial charge on any atom is 0.171 e. The average molecular weight is 290 g/mol. The van der Waals surface area contributed by atoms with Gasteiger partial charge in [0.1, 0.15) is 0 Å². The predicted octanol–water partition coefficient (Wildman–Crippen LogP) is 3.75. The summed E-state index contributed by atoms with van der Waals surface area (Å²) < 4.78 is 0. The summed E-state index contributed by atoms with van der Waals surface area (Å²) in [5, 5.41) is 7.22. The van der Waals surface area contributed by atoms with Crippen LogP contribution in [0.25, 0.3) is 0 Å². The number of Topliss-reactive ketones (excluding diaryl/α,β-unsaturated/α-hetero) is 1. The van der Waals surface area contributed by atoms with Gasteiger partial charge in [0, 0.05) is 17.3 Å². The van der Waals surface area contributed by atoms with Crippen LogP contribution in [-0.4, -0.2) is 16.9 Å². The molecule has 0 bridgehead atoms. The number of rotatable bonds is 3. The number of hydrogen-bond donors (Lipinski definition) is 2. The van der Waals surface area contributed by atoms with Crippen molar-refractivity contribution in [1.29, 1.82) is 0 Å². The normalized spacial score (nSPS) is 22.1. The Morgan fingerprint density at radius 2 is 2.05 bits per heavy atom. The molecule has 2 atom stereocenters. The molecule has 4 heteroatoms. The van der Waals surface area contributed by atoms with E-state index in [1.54, 1.807) is 6.92 Å². The molecule has 0 amide bonds. The van der Waals surface area contributed by atoms with E-state index in [2.05, 4.69) is 17.6 Å². The fourth-order valence-corrected chi connectivity index (χ4v) is 2.95. The molecule has 1 aromatic rings. The smallest absolute Gasteiger partial charge is 0.171 e. The zero-order chi connectivity index (χ0) is 14.5. The third-order valence-electron chi connectivity index (χ3n) is 3.95. The van der Waals surface area contributed by atoms with Gasteiger partial charge in [0.2, 0.25) is 0 Å². The van der Waals surface area contributed by atoms with Gasteiger partial charge < -0.3 is 10.6 Å². The van der Waals surface area contributed by atoms with Crippen molar-refractivity contribution in [2.24, 2.45) is 5.92 Å². The molecule has 1 saturated carbocycles. The molecule has 0 spiro atoms.